The van der Waals surface area contributed by atoms with Gasteiger partial charge in [-0.15, -0.1) is 0 Å². The summed E-state index contributed by atoms with van der Waals surface area (Å²) in [5.41, 5.74) is 6.03. The van der Waals surface area contributed by atoms with Crippen LogP contribution in [0.1, 0.15) is 78.1 Å². The highest BCUT2D eigenvalue weighted by Crippen LogP contribution is 2.46. The first kappa shape index (κ1) is 16.4. The van der Waals surface area contributed by atoms with E-state index in [1.807, 2.05) is 0 Å². The molecule has 2 rings (SSSR count). The zero-order valence-corrected chi connectivity index (χ0v) is 14.2. The number of hydrogen-bond acceptors (Lipinski definition) is 5. The topological polar surface area (TPSA) is 74.2 Å². The lowest BCUT2D eigenvalue weighted by Gasteiger charge is -2.40. The molecule has 1 heterocycles. The summed E-state index contributed by atoms with van der Waals surface area (Å²) in [6.07, 6.45) is 4.02. The second-order valence-electron chi connectivity index (χ2n) is 8.16. The van der Waals surface area contributed by atoms with Crippen LogP contribution in [0.15, 0.2) is 4.52 Å². The Kier molecular flexibility index (Phi) is 4.19. The molecule has 0 radical (unpaired) electrons. The zero-order valence-electron chi connectivity index (χ0n) is 14.2. The van der Waals surface area contributed by atoms with Gasteiger partial charge < -0.3 is 15.0 Å². The van der Waals surface area contributed by atoms with Gasteiger partial charge >= 0.3 is 0 Å². The molecular formula is C16H29N3O2. The summed E-state index contributed by atoms with van der Waals surface area (Å²) in [4.78, 5) is 4.56. The molecule has 0 bridgehead atoms. The van der Waals surface area contributed by atoms with Gasteiger partial charge in [-0.1, -0.05) is 39.8 Å². The van der Waals surface area contributed by atoms with Gasteiger partial charge in [0.15, 0.2) is 0 Å². The van der Waals surface area contributed by atoms with E-state index in [-0.39, 0.29) is 11.5 Å². The summed E-state index contributed by atoms with van der Waals surface area (Å²) in [7, 11) is 1.73. The van der Waals surface area contributed by atoms with Gasteiger partial charge in [0.2, 0.25) is 11.7 Å². The molecule has 1 aromatic rings. The normalized spacial score (nSPS) is 23.0. The number of methoxy groups -OCH3 is 1. The van der Waals surface area contributed by atoms with Gasteiger partial charge in [-0.2, -0.15) is 4.98 Å². The molecule has 120 valence electrons. The largest absolute Gasteiger partial charge is 0.370 e. The minimum Gasteiger partial charge on any atom is -0.370 e. The molecule has 1 saturated carbocycles. The number of rotatable bonds is 3. The lowest BCUT2D eigenvalue weighted by molar-refractivity contribution is -0.0740. The third-order valence-electron chi connectivity index (χ3n) is 4.85. The van der Waals surface area contributed by atoms with Gasteiger partial charge in [-0.25, -0.2) is 0 Å². The lowest BCUT2D eigenvalue weighted by atomic mass is 9.70. The van der Waals surface area contributed by atoms with E-state index in [1.54, 1.807) is 7.11 Å². The number of nitrogens with zero attached hydrogens (tertiary/aromatic N) is 2. The average Bonchev–Trinajstić information content (AvgIpc) is 2.87. The van der Waals surface area contributed by atoms with Crippen LogP contribution in [0, 0.1) is 10.8 Å². The predicted molar refractivity (Wildman–Crippen MR) is 81.6 cm³/mol. The molecule has 5 heteroatoms. The second-order valence-corrected chi connectivity index (χ2v) is 8.16. The number of aromatic nitrogens is 2. The summed E-state index contributed by atoms with van der Waals surface area (Å²) in [5.74, 6) is 1.15. The molecule has 0 saturated heterocycles. The quantitative estimate of drug-likeness (QED) is 0.923. The average molecular weight is 295 g/mol. The highest BCUT2D eigenvalue weighted by molar-refractivity contribution is 5.07. The number of ether oxygens (including phenoxy) is 1. The molecule has 0 aromatic carbocycles. The van der Waals surface area contributed by atoms with Crippen molar-refractivity contribution in [2.24, 2.45) is 16.6 Å². The van der Waals surface area contributed by atoms with E-state index in [4.69, 9.17) is 15.0 Å². The van der Waals surface area contributed by atoms with Crippen LogP contribution in [0.5, 0.6) is 0 Å². The Morgan fingerprint density at radius 3 is 2.24 bits per heavy atom. The molecule has 1 aromatic heterocycles. The van der Waals surface area contributed by atoms with E-state index in [2.05, 4.69) is 44.8 Å². The number of nitrogens with two attached hydrogens (primary N) is 1. The van der Waals surface area contributed by atoms with Gasteiger partial charge in [-0.05, 0) is 36.5 Å². The molecule has 0 amide bonds. The minimum atomic E-state index is -0.422. The van der Waals surface area contributed by atoms with E-state index in [9.17, 15) is 0 Å². The van der Waals surface area contributed by atoms with Crippen LogP contribution in [-0.2, 0) is 10.3 Å². The fourth-order valence-electron chi connectivity index (χ4n) is 2.77. The van der Waals surface area contributed by atoms with Crippen molar-refractivity contribution in [3.8, 4) is 0 Å². The van der Waals surface area contributed by atoms with Gasteiger partial charge in [0, 0.05) is 7.11 Å². The molecule has 1 aliphatic carbocycles. The monoisotopic (exact) mass is 295 g/mol. The van der Waals surface area contributed by atoms with E-state index < -0.39 is 5.60 Å². The molecule has 21 heavy (non-hydrogen) atoms. The summed E-state index contributed by atoms with van der Waals surface area (Å²) in [6, 6.07) is -0.271. The Labute approximate surface area is 127 Å². The molecule has 0 spiro atoms. The maximum atomic E-state index is 6.21. The minimum absolute atomic E-state index is 0.113. The molecular weight excluding hydrogens is 266 g/mol. The van der Waals surface area contributed by atoms with E-state index in [0.717, 1.165) is 25.7 Å². The maximum absolute atomic E-state index is 6.21. The van der Waals surface area contributed by atoms with Crippen LogP contribution >= 0.6 is 0 Å². The molecule has 2 N–H and O–H groups in total. The predicted octanol–water partition coefficient (Wildman–Crippen LogP) is 3.56. The van der Waals surface area contributed by atoms with Crippen molar-refractivity contribution < 1.29 is 9.26 Å². The van der Waals surface area contributed by atoms with Crippen LogP contribution in [0.2, 0.25) is 0 Å². The van der Waals surface area contributed by atoms with Crippen LogP contribution in [0.4, 0.5) is 0 Å². The van der Waals surface area contributed by atoms with Crippen molar-refractivity contribution >= 4 is 0 Å². The lowest BCUT2D eigenvalue weighted by Crippen LogP contribution is -2.37. The Morgan fingerprint density at radius 2 is 1.76 bits per heavy atom. The van der Waals surface area contributed by atoms with Gasteiger partial charge in [0.05, 0.1) is 6.04 Å². The molecule has 1 atom stereocenters. The Morgan fingerprint density at radius 1 is 1.19 bits per heavy atom. The van der Waals surface area contributed by atoms with Crippen molar-refractivity contribution in [2.75, 3.05) is 7.11 Å². The Bertz CT molecular complexity index is 478. The molecule has 5 nitrogen and oxygen atoms in total. The summed E-state index contributed by atoms with van der Waals surface area (Å²) < 4.78 is 11.2. The van der Waals surface area contributed by atoms with Crippen molar-refractivity contribution in [1.82, 2.24) is 10.1 Å². The van der Waals surface area contributed by atoms with E-state index in [1.165, 1.54) is 0 Å². The SMILES string of the molecule is COC1(c2noc([C@H](N)C(C)(C)C)n2)CCC(C)(C)CC1. The van der Waals surface area contributed by atoms with E-state index >= 15 is 0 Å². The first-order valence-corrected chi connectivity index (χ1v) is 7.74. The van der Waals surface area contributed by atoms with Gasteiger partial charge in [0.25, 0.3) is 0 Å². The summed E-state index contributed by atoms with van der Waals surface area (Å²) in [5, 5.41) is 4.17. The van der Waals surface area contributed by atoms with Crippen molar-refractivity contribution in [1.29, 1.82) is 0 Å². The maximum Gasteiger partial charge on any atom is 0.244 e. The molecule has 0 unspecified atom stereocenters. The van der Waals surface area contributed by atoms with Crippen LogP contribution in [-0.4, -0.2) is 17.3 Å². The summed E-state index contributed by atoms with van der Waals surface area (Å²) >= 11 is 0. The second kappa shape index (κ2) is 5.36. The fourth-order valence-corrected chi connectivity index (χ4v) is 2.77. The van der Waals surface area contributed by atoms with Crippen molar-refractivity contribution in [3.05, 3.63) is 11.7 Å². The zero-order chi connectivity index (χ0) is 15.9. The Hall–Kier alpha value is -0.940. The third-order valence-corrected chi connectivity index (χ3v) is 4.85. The standard InChI is InChI=1S/C16H29N3O2/c1-14(2,3)11(17)12-18-13(19-21-12)16(20-6)9-7-15(4,5)8-10-16/h11H,7-10,17H2,1-6H3/t11-/m0/s1. The first-order valence-electron chi connectivity index (χ1n) is 7.74. The van der Waals surface area contributed by atoms with Crippen LogP contribution in [0.3, 0.4) is 0 Å². The number of hydrogen-bond donors (Lipinski definition) is 1. The highest BCUT2D eigenvalue weighted by atomic mass is 16.5. The van der Waals surface area contributed by atoms with Gasteiger partial charge in [0.1, 0.15) is 5.60 Å². The highest BCUT2D eigenvalue weighted by Gasteiger charge is 2.44. The third kappa shape index (κ3) is 3.29. The Balaban J connectivity index is 2.23. The molecule has 1 aliphatic rings. The smallest absolute Gasteiger partial charge is 0.244 e. The van der Waals surface area contributed by atoms with E-state index in [0.29, 0.717) is 17.1 Å². The fraction of sp³-hybridized carbons (Fsp3) is 0.875. The van der Waals surface area contributed by atoms with Crippen molar-refractivity contribution in [3.63, 3.8) is 0 Å². The van der Waals surface area contributed by atoms with Crippen molar-refractivity contribution in [2.45, 2.75) is 71.9 Å². The first-order chi connectivity index (χ1) is 9.60. The van der Waals surface area contributed by atoms with Crippen LogP contribution in [0.25, 0.3) is 0 Å². The molecule has 0 aliphatic heterocycles. The molecule has 1 fully saturated rings. The van der Waals surface area contributed by atoms with Gasteiger partial charge in [-0.3, -0.25) is 0 Å². The summed E-state index contributed by atoms with van der Waals surface area (Å²) in [6.45, 7) is 10.8. The van der Waals surface area contributed by atoms with Crippen LogP contribution < -0.4 is 5.73 Å².